The highest BCUT2D eigenvalue weighted by Crippen LogP contribution is 2.35. The first-order chi connectivity index (χ1) is 10.7. The van der Waals surface area contributed by atoms with Crippen molar-refractivity contribution in [1.82, 2.24) is 15.1 Å². The van der Waals surface area contributed by atoms with E-state index in [2.05, 4.69) is 10.2 Å². The van der Waals surface area contributed by atoms with Crippen LogP contribution in [0.2, 0.25) is 0 Å². The van der Waals surface area contributed by atoms with E-state index in [1.54, 1.807) is 6.08 Å². The Kier molecular flexibility index (Phi) is 3.78. The Hall–Kier alpha value is -1.20. The number of carbonyl (C=O) groups excluding carboxylic acids is 2. The van der Waals surface area contributed by atoms with Gasteiger partial charge in [-0.3, -0.25) is 19.8 Å². The third-order valence-corrected chi connectivity index (χ3v) is 5.89. The van der Waals surface area contributed by atoms with Gasteiger partial charge in [-0.15, -0.1) is 0 Å². The van der Waals surface area contributed by atoms with Gasteiger partial charge in [-0.05, 0) is 31.3 Å². The van der Waals surface area contributed by atoms with Crippen LogP contribution in [0.1, 0.15) is 38.5 Å². The summed E-state index contributed by atoms with van der Waals surface area (Å²) in [4.78, 5) is 28.7. The molecule has 120 valence electrons. The zero-order chi connectivity index (χ0) is 15.1. The normalized spacial score (nSPS) is 39.0. The predicted octanol–water partition coefficient (Wildman–Crippen LogP) is 0.906. The summed E-state index contributed by atoms with van der Waals surface area (Å²) >= 11 is 0. The molecule has 5 heteroatoms. The molecule has 5 nitrogen and oxygen atoms in total. The third-order valence-electron chi connectivity index (χ3n) is 5.89. The molecule has 22 heavy (non-hydrogen) atoms. The lowest BCUT2D eigenvalue weighted by atomic mass is 9.76. The number of nitrogens with zero attached hydrogens (tertiary/aromatic N) is 2. The Labute approximate surface area is 131 Å². The van der Waals surface area contributed by atoms with Gasteiger partial charge in [-0.2, -0.15) is 0 Å². The molecule has 3 fully saturated rings. The van der Waals surface area contributed by atoms with Crippen molar-refractivity contribution in [1.29, 1.82) is 0 Å². The molecule has 0 radical (unpaired) electrons. The van der Waals surface area contributed by atoms with Gasteiger partial charge in [-0.25, -0.2) is 0 Å². The van der Waals surface area contributed by atoms with Crippen LogP contribution in [-0.4, -0.2) is 59.4 Å². The van der Waals surface area contributed by atoms with Crippen LogP contribution in [-0.2, 0) is 9.59 Å². The smallest absolute Gasteiger partial charge is 0.222 e. The lowest BCUT2D eigenvalue weighted by Gasteiger charge is -2.53. The number of nitrogens with one attached hydrogen (secondary N) is 1. The molecule has 1 saturated carbocycles. The van der Waals surface area contributed by atoms with Crippen LogP contribution in [0, 0.1) is 5.92 Å². The molecule has 4 atom stereocenters. The second-order valence-electron chi connectivity index (χ2n) is 7.14. The number of fused-ring (bicyclic) bond motifs is 2. The Morgan fingerprint density at radius 1 is 1.18 bits per heavy atom. The maximum atomic E-state index is 12.3. The molecule has 0 spiro atoms. The van der Waals surface area contributed by atoms with Crippen molar-refractivity contribution in [2.75, 3.05) is 19.6 Å². The van der Waals surface area contributed by atoms with Crippen LogP contribution in [0.3, 0.4) is 0 Å². The maximum absolute atomic E-state index is 12.3. The van der Waals surface area contributed by atoms with Crippen molar-refractivity contribution in [3.63, 3.8) is 0 Å². The van der Waals surface area contributed by atoms with Crippen molar-refractivity contribution in [2.45, 2.75) is 56.8 Å². The van der Waals surface area contributed by atoms with Crippen molar-refractivity contribution < 1.29 is 9.59 Å². The number of rotatable bonds is 2. The molecule has 0 aromatic rings. The number of carbonyl (C=O) groups is 2. The van der Waals surface area contributed by atoms with Crippen LogP contribution in [0.4, 0.5) is 0 Å². The zero-order valence-electron chi connectivity index (χ0n) is 13.0. The molecule has 1 amide bonds. The summed E-state index contributed by atoms with van der Waals surface area (Å²) in [7, 11) is 0. The van der Waals surface area contributed by atoms with E-state index in [1.807, 2.05) is 11.0 Å². The van der Waals surface area contributed by atoms with Crippen molar-refractivity contribution in [3.8, 4) is 0 Å². The van der Waals surface area contributed by atoms with Gasteiger partial charge < -0.3 is 4.90 Å². The van der Waals surface area contributed by atoms with Gasteiger partial charge in [0, 0.05) is 38.1 Å². The van der Waals surface area contributed by atoms with E-state index in [4.69, 9.17) is 0 Å². The predicted molar refractivity (Wildman–Crippen MR) is 83.1 cm³/mol. The third kappa shape index (κ3) is 2.40. The van der Waals surface area contributed by atoms with Crippen molar-refractivity contribution in [3.05, 3.63) is 12.2 Å². The zero-order valence-corrected chi connectivity index (χ0v) is 13.0. The van der Waals surface area contributed by atoms with Crippen LogP contribution < -0.4 is 5.32 Å². The standard InChI is InChI=1S/C17H25N3O2/c21-15-7-3-10-20-14(11-19-9-4-8-16(19)22)12-5-1-2-6-13(12)18-17(15)20/h3,7,12-14,17-18H,1-2,4-6,8-11H2. The number of amides is 1. The van der Waals surface area contributed by atoms with Gasteiger partial charge in [0.25, 0.3) is 0 Å². The number of likely N-dealkylation sites (tertiary alicyclic amines) is 1. The fourth-order valence-corrected chi connectivity index (χ4v) is 4.79. The lowest BCUT2D eigenvalue weighted by Crippen LogP contribution is -2.70. The molecule has 0 bridgehead atoms. The average molecular weight is 303 g/mol. The highest BCUT2D eigenvalue weighted by Gasteiger charge is 2.46. The fraction of sp³-hybridized carbons (Fsp3) is 0.765. The fourth-order valence-electron chi connectivity index (χ4n) is 4.79. The molecule has 0 aromatic heterocycles. The summed E-state index contributed by atoms with van der Waals surface area (Å²) in [6.07, 6.45) is 10.1. The summed E-state index contributed by atoms with van der Waals surface area (Å²) < 4.78 is 0. The minimum absolute atomic E-state index is 0.174. The minimum atomic E-state index is -0.174. The molecule has 1 aliphatic carbocycles. The quantitative estimate of drug-likeness (QED) is 0.824. The van der Waals surface area contributed by atoms with E-state index in [-0.39, 0.29) is 11.9 Å². The van der Waals surface area contributed by atoms with Gasteiger partial charge in [0.15, 0.2) is 5.78 Å². The molecule has 0 aromatic carbocycles. The van der Waals surface area contributed by atoms with Gasteiger partial charge in [0.2, 0.25) is 5.91 Å². The summed E-state index contributed by atoms with van der Waals surface area (Å²) in [5, 5.41) is 3.59. The van der Waals surface area contributed by atoms with Crippen LogP contribution in [0.5, 0.6) is 0 Å². The maximum Gasteiger partial charge on any atom is 0.222 e. The Morgan fingerprint density at radius 3 is 2.86 bits per heavy atom. The topological polar surface area (TPSA) is 52.7 Å². The van der Waals surface area contributed by atoms with Crippen LogP contribution in [0.25, 0.3) is 0 Å². The van der Waals surface area contributed by atoms with Crippen LogP contribution in [0.15, 0.2) is 12.2 Å². The van der Waals surface area contributed by atoms with E-state index in [1.165, 1.54) is 19.3 Å². The van der Waals surface area contributed by atoms with Gasteiger partial charge >= 0.3 is 0 Å². The Morgan fingerprint density at radius 2 is 2.05 bits per heavy atom. The molecule has 4 unspecified atom stereocenters. The largest absolute Gasteiger partial charge is 0.341 e. The van der Waals surface area contributed by atoms with E-state index in [9.17, 15) is 9.59 Å². The first kappa shape index (κ1) is 14.4. The summed E-state index contributed by atoms with van der Waals surface area (Å²) in [6.45, 7) is 2.51. The molecule has 1 N–H and O–H groups in total. The molecular weight excluding hydrogens is 278 g/mol. The Bertz CT molecular complexity index is 504. The molecule has 4 rings (SSSR count). The molecular formula is C17H25N3O2. The summed E-state index contributed by atoms with van der Waals surface area (Å²) in [5.41, 5.74) is 0. The first-order valence-corrected chi connectivity index (χ1v) is 8.74. The molecule has 2 saturated heterocycles. The van der Waals surface area contributed by atoms with Gasteiger partial charge in [-0.1, -0.05) is 18.9 Å². The first-order valence-electron chi connectivity index (χ1n) is 8.74. The highest BCUT2D eigenvalue weighted by atomic mass is 16.2. The second-order valence-corrected chi connectivity index (χ2v) is 7.14. The molecule has 3 aliphatic heterocycles. The Balaban J connectivity index is 1.60. The van der Waals surface area contributed by atoms with E-state index < -0.39 is 0 Å². The second kappa shape index (κ2) is 5.78. The average Bonchev–Trinajstić information content (AvgIpc) is 2.93. The van der Waals surface area contributed by atoms with Crippen molar-refractivity contribution in [2.24, 2.45) is 5.92 Å². The SMILES string of the molecule is O=C1C=CCN2C1NC1CCCCC1C2CN1CCCC1=O. The minimum Gasteiger partial charge on any atom is -0.341 e. The van der Waals surface area contributed by atoms with Crippen molar-refractivity contribution >= 4 is 11.7 Å². The number of hydrogen-bond acceptors (Lipinski definition) is 4. The highest BCUT2D eigenvalue weighted by molar-refractivity contribution is 5.95. The molecule has 4 aliphatic rings. The monoisotopic (exact) mass is 303 g/mol. The number of hydrogen-bond donors (Lipinski definition) is 1. The van der Waals surface area contributed by atoms with E-state index in [0.717, 1.165) is 32.5 Å². The van der Waals surface area contributed by atoms with Gasteiger partial charge in [0.1, 0.15) is 6.17 Å². The summed E-state index contributed by atoms with van der Waals surface area (Å²) in [6, 6.07) is 0.764. The van der Waals surface area contributed by atoms with E-state index >= 15 is 0 Å². The van der Waals surface area contributed by atoms with Crippen LogP contribution >= 0.6 is 0 Å². The summed E-state index contributed by atoms with van der Waals surface area (Å²) in [5.74, 6) is 1.03. The lowest BCUT2D eigenvalue weighted by molar-refractivity contribution is -0.132. The van der Waals surface area contributed by atoms with Gasteiger partial charge in [0.05, 0.1) is 0 Å². The van der Waals surface area contributed by atoms with E-state index in [0.29, 0.717) is 30.3 Å². The number of ketones is 1. The molecule has 3 heterocycles.